The molecular weight excluding hydrogens is 364 g/mol. The summed E-state index contributed by atoms with van der Waals surface area (Å²) in [6.45, 7) is 2.28. The molecule has 0 saturated carbocycles. The molecule has 4 N–H and O–H groups in total. The molecule has 1 aromatic carbocycles. The number of benzene rings is 1. The lowest BCUT2D eigenvalue weighted by molar-refractivity contribution is -0.136. The maximum atomic E-state index is 13.0. The highest BCUT2D eigenvalue weighted by Crippen LogP contribution is 2.29. The molecule has 4 amide bonds. The van der Waals surface area contributed by atoms with Crippen molar-refractivity contribution >= 4 is 23.6 Å². The second kappa shape index (κ2) is 7.42. The van der Waals surface area contributed by atoms with Crippen LogP contribution < -0.4 is 16.0 Å². The third kappa shape index (κ3) is 3.21. The zero-order valence-electron chi connectivity index (χ0n) is 15.2. The molecule has 2 unspecified atom stereocenters. The lowest BCUT2D eigenvalue weighted by Crippen LogP contribution is -2.54. The number of hydrogen-bond donors (Lipinski definition) is 4. The fraction of sp³-hybridized carbons (Fsp3) is 0.474. The van der Waals surface area contributed by atoms with E-state index < -0.39 is 35.8 Å². The summed E-state index contributed by atoms with van der Waals surface area (Å²) in [7, 11) is 0. The van der Waals surface area contributed by atoms with E-state index in [-0.39, 0.29) is 29.9 Å². The summed E-state index contributed by atoms with van der Waals surface area (Å²) in [6.07, 6.45) is -0.257. The second-order valence-corrected chi connectivity index (χ2v) is 7.40. The average Bonchev–Trinajstić information content (AvgIpc) is 2.86. The zero-order valence-corrected chi connectivity index (χ0v) is 15.2. The second-order valence-electron chi connectivity index (χ2n) is 7.40. The van der Waals surface area contributed by atoms with Gasteiger partial charge in [-0.2, -0.15) is 0 Å². The van der Waals surface area contributed by atoms with Crippen molar-refractivity contribution in [2.75, 3.05) is 19.6 Å². The van der Waals surface area contributed by atoms with Crippen molar-refractivity contribution in [3.05, 3.63) is 34.9 Å². The molecule has 1 aromatic rings. The number of aliphatic hydroxyl groups is 1. The SMILES string of the molecule is O=C1CCC(N2C(=O)c3cccc(CNCC(O)C4CNC4)c3C2=O)C(=O)N1. The number of hydrogen-bond acceptors (Lipinski definition) is 7. The Bertz CT molecular complexity index is 851. The molecule has 4 rings (SSSR count). The van der Waals surface area contributed by atoms with E-state index >= 15 is 0 Å². The first-order chi connectivity index (χ1) is 13.5. The molecule has 0 radical (unpaired) electrons. The van der Waals surface area contributed by atoms with E-state index in [0.29, 0.717) is 18.7 Å². The average molecular weight is 386 g/mol. The minimum Gasteiger partial charge on any atom is -0.391 e. The third-order valence-electron chi connectivity index (χ3n) is 5.58. The number of rotatable bonds is 6. The summed E-state index contributed by atoms with van der Waals surface area (Å²) in [5, 5.41) is 18.5. The third-order valence-corrected chi connectivity index (χ3v) is 5.58. The Morgan fingerprint density at radius 2 is 1.96 bits per heavy atom. The molecule has 0 aliphatic carbocycles. The van der Waals surface area contributed by atoms with E-state index in [4.69, 9.17) is 0 Å². The van der Waals surface area contributed by atoms with Gasteiger partial charge in [-0.15, -0.1) is 0 Å². The van der Waals surface area contributed by atoms with E-state index in [1.54, 1.807) is 18.2 Å². The predicted octanol–water partition coefficient (Wildman–Crippen LogP) is -1.24. The van der Waals surface area contributed by atoms with Gasteiger partial charge in [0.1, 0.15) is 6.04 Å². The van der Waals surface area contributed by atoms with Gasteiger partial charge in [0.2, 0.25) is 11.8 Å². The number of piperidine rings is 1. The molecule has 148 valence electrons. The molecule has 0 aromatic heterocycles. The van der Waals surface area contributed by atoms with Crippen molar-refractivity contribution in [2.45, 2.75) is 31.5 Å². The van der Waals surface area contributed by atoms with Gasteiger partial charge in [-0.05, 0) is 18.1 Å². The van der Waals surface area contributed by atoms with Crippen LogP contribution in [0.2, 0.25) is 0 Å². The molecule has 0 spiro atoms. The Morgan fingerprint density at radius 3 is 2.64 bits per heavy atom. The summed E-state index contributed by atoms with van der Waals surface area (Å²) in [5.41, 5.74) is 1.19. The van der Waals surface area contributed by atoms with Crippen LogP contribution in [0.1, 0.15) is 39.1 Å². The van der Waals surface area contributed by atoms with Crippen molar-refractivity contribution in [1.29, 1.82) is 0 Å². The lowest BCUT2D eigenvalue weighted by Gasteiger charge is -2.31. The number of carbonyl (C=O) groups is 4. The van der Waals surface area contributed by atoms with E-state index in [1.165, 1.54) is 0 Å². The number of aliphatic hydroxyl groups excluding tert-OH is 1. The maximum absolute atomic E-state index is 13.0. The van der Waals surface area contributed by atoms with E-state index in [0.717, 1.165) is 18.0 Å². The molecule has 2 saturated heterocycles. The zero-order chi connectivity index (χ0) is 19.8. The van der Waals surface area contributed by atoms with Crippen molar-refractivity contribution in [1.82, 2.24) is 20.9 Å². The molecule has 3 heterocycles. The lowest BCUT2D eigenvalue weighted by atomic mass is 9.96. The van der Waals surface area contributed by atoms with Gasteiger partial charge in [0.25, 0.3) is 11.8 Å². The molecule has 2 atom stereocenters. The maximum Gasteiger partial charge on any atom is 0.262 e. The normalized spacial score (nSPS) is 23.5. The number of carbonyl (C=O) groups excluding carboxylic acids is 4. The molecular formula is C19H22N4O5. The van der Waals surface area contributed by atoms with Gasteiger partial charge in [0, 0.05) is 38.5 Å². The highest BCUT2D eigenvalue weighted by atomic mass is 16.3. The van der Waals surface area contributed by atoms with Crippen LogP contribution in [0.5, 0.6) is 0 Å². The molecule has 9 nitrogen and oxygen atoms in total. The summed E-state index contributed by atoms with van der Waals surface area (Å²) in [5.74, 6) is -1.83. The van der Waals surface area contributed by atoms with Crippen LogP contribution in [0.3, 0.4) is 0 Å². The molecule has 28 heavy (non-hydrogen) atoms. The first-order valence-electron chi connectivity index (χ1n) is 9.40. The van der Waals surface area contributed by atoms with Crippen molar-refractivity contribution < 1.29 is 24.3 Å². The fourth-order valence-electron chi connectivity index (χ4n) is 3.84. The monoisotopic (exact) mass is 386 g/mol. The number of nitrogens with one attached hydrogen (secondary N) is 3. The Hall–Kier alpha value is -2.62. The number of amides is 4. The fourth-order valence-corrected chi connectivity index (χ4v) is 3.84. The first kappa shape index (κ1) is 18.7. The smallest absolute Gasteiger partial charge is 0.262 e. The van der Waals surface area contributed by atoms with Crippen LogP contribution in [0.15, 0.2) is 18.2 Å². The van der Waals surface area contributed by atoms with E-state index in [2.05, 4.69) is 16.0 Å². The van der Waals surface area contributed by atoms with Crippen LogP contribution in [0.4, 0.5) is 0 Å². The van der Waals surface area contributed by atoms with Gasteiger partial charge in [0.05, 0.1) is 17.2 Å². The van der Waals surface area contributed by atoms with Crippen LogP contribution >= 0.6 is 0 Å². The van der Waals surface area contributed by atoms with Crippen molar-refractivity contribution in [3.8, 4) is 0 Å². The van der Waals surface area contributed by atoms with Crippen LogP contribution in [-0.4, -0.2) is 65.4 Å². The van der Waals surface area contributed by atoms with Crippen molar-refractivity contribution in [2.24, 2.45) is 5.92 Å². The predicted molar refractivity (Wildman–Crippen MR) is 97.2 cm³/mol. The molecule has 3 aliphatic rings. The number of nitrogens with zero attached hydrogens (tertiary/aromatic N) is 1. The summed E-state index contributed by atoms with van der Waals surface area (Å²) in [6, 6.07) is 4.04. The van der Waals surface area contributed by atoms with Gasteiger partial charge in [0.15, 0.2) is 0 Å². The van der Waals surface area contributed by atoms with Gasteiger partial charge in [-0.25, -0.2) is 0 Å². The largest absolute Gasteiger partial charge is 0.391 e. The molecule has 0 bridgehead atoms. The minimum atomic E-state index is -0.973. The summed E-state index contributed by atoms with van der Waals surface area (Å²) >= 11 is 0. The topological polar surface area (TPSA) is 128 Å². The summed E-state index contributed by atoms with van der Waals surface area (Å²) < 4.78 is 0. The Labute approximate surface area is 161 Å². The van der Waals surface area contributed by atoms with Gasteiger partial charge < -0.3 is 15.7 Å². The number of fused-ring (bicyclic) bond motifs is 1. The minimum absolute atomic E-state index is 0.0894. The highest BCUT2D eigenvalue weighted by molar-refractivity contribution is 6.24. The Balaban J connectivity index is 1.49. The number of imide groups is 2. The van der Waals surface area contributed by atoms with E-state index in [1.807, 2.05) is 0 Å². The highest BCUT2D eigenvalue weighted by Gasteiger charge is 2.45. The molecule has 3 aliphatic heterocycles. The standard InChI is InChI=1S/C19H22N4O5/c24-14(11-7-20-8-11)9-21-6-10-2-1-3-12-16(10)19(28)23(18(12)27)13-4-5-15(25)22-17(13)26/h1-3,11,13-14,20-21,24H,4-9H2,(H,22,25,26). The molecule has 2 fully saturated rings. The first-order valence-corrected chi connectivity index (χ1v) is 9.40. The molecule has 9 heteroatoms. The quantitative estimate of drug-likeness (QED) is 0.450. The van der Waals surface area contributed by atoms with Crippen LogP contribution in [0, 0.1) is 5.92 Å². The Kier molecular flexibility index (Phi) is 4.96. The van der Waals surface area contributed by atoms with Gasteiger partial charge in [-0.1, -0.05) is 12.1 Å². The van der Waals surface area contributed by atoms with Crippen molar-refractivity contribution in [3.63, 3.8) is 0 Å². The van der Waals surface area contributed by atoms with E-state index in [9.17, 15) is 24.3 Å². The van der Waals surface area contributed by atoms with Crippen LogP contribution in [-0.2, 0) is 16.1 Å². The Morgan fingerprint density at radius 1 is 1.18 bits per heavy atom. The van der Waals surface area contributed by atoms with Gasteiger partial charge >= 0.3 is 0 Å². The van der Waals surface area contributed by atoms with Crippen LogP contribution in [0.25, 0.3) is 0 Å². The van der Waals surface area contributed by atoms with Gasteiger partial charge in [-0.3, -0.25) is 29.4 Å². The summed E-state index contributed by atoms with van der Waals surface area (Å²) in [4.78, 5) is 50.2.